The number of halogens is 3. The number of hydrogen-bond acceptors (Lipinski definition) is 7. The molecule has 0 spiro atoms. The summed E-state index contributed by atoms with van der Waals surface area (Å²) < 4.78 is 42.1. The Morgan fingerprint density at radius 2 is 1.58 bits per heavy atom. The number of nitrogens with zero attached hydrogens (tertiary/aromatic N) is 3. The van der Waals surface area contributed by atoms with Gasteiger partial charge in [-0.2, -0.15) is 18.4 Å². The van der Waals surface area contributed by atoms with Gasteiger partial charge in [-0.3, -0.25) is 4.79 Å². The van der Waals surface area contributed by atoms with Crippen molar-refractivity contribution in [2.45, 2.75) is 10.4 Å². The first kappa shape index (κ1) is 22.2. The maximum Gasteiger partial charge on any atom is 0.446 e. The van der Waals surface area contributed by atoms with Crippen LogP contribution in [0.25, 0.3) is 0 Å². The summed E-state index contributed by atoms with van der Waals surface area (Å²) in [5.41, 5.74) is -2.99. The average molecular weight is 447 g/mol. The van der Waals surface area contributed by atoms with Crippen LogP contribution in [0.3, 0.4) is 0 Å². The largest absolute Gasteiger partial charge is 0.454 e. The number of thioether (sulfide) groups is 1. The van der Waals surface area contributed by atoms with Crippen LogP contribution in [-0.2, 0) is 9.53 Å². The van der Waals surface area contributed by atoms with E-state index in [2.05, 4.69) is 0 Å². The zero-order chi connectivity index (χ0) is 22.8. The molecule has 0 atom stereocenters. The maximum absolute atomic E-state index is 12.6. The van der Waals surface area contributed by atoms with Crippen molar-refractivity contribution in [3.63, 3.8) is 0 Å². The molecule has 1 aliphatic rings. The highest BCUT2D eigenvalue weighted by atomic mass is 32.2. The average Bonchev–Trinajstić information content (AvgIpc) is 2.97. The topological polar surface area (TPSA) is 73.6 Å². The lowest BCUT2D eigenvalue weighted by atomic mass is 10.2. The number of nitriles is 1. The third-order valence-electron chi connectivity index (χ3n) is 4.51. The van der Waals surface area contributed by atoms with Gasteiger partial charge in [0.05, 0.1) is 16.9 Å². The third-order valence-corrected chi connectivity index (χ3v) is 5.25. The third kappa shape index (κ3) is 4.83. The smallest absolute Gasteiger partial charge is 0.446 e. The van der Waals surface area contributed by atoms with Gasteiger partial charge < -0.3 is 14.5 Å². The van der Waals surface area contributed by atoms with Crippen LogP contribution >= 0.6 is 11.8 Å². The van der Waals surface area contributed by atoms with Crippen LogP contribution in [-0.4, -0.2) is 38.0 Å². The second-order valence-corrected chi connectivity index (χ2v) is 7.63. The van der Waals surface area contributed by atoms with Gasteiger partial charge in [-0.15, -0.1) is 0 Å². The number of ketones is 1. The Balaban J connectivity index is 1.71. The lowest BCUT2D eigenvalue weighted by molar-refractivity contribution is -0.118. The number of rotatable bonds is 5. The standard InChI is InChI=1S/C21H16F3N3O3S/c1-26-16-5-3-4-6-17(16)27(2)19(26)15(11-25)18(28)12-30-20(29)13-7-9-14(10-8-13)31-21(22,23)24/h3-10H,12H2,1-2H3. The molecule has 0 saturated heterocycles. The molecular weight excluding hydrogens is 431 g/mol. The predicted octanol–water partition coefficient (Wildman–Crippen LogP) is 4.35. The summed E-state index contributed by atoms with van der Waals surface area (Å²) in [6, 6.07) is 13.9. The first-order chi connectivity index (χ1) is 14.6. The van der Waals surface area contributed by atoms with Gasteiger partial charge in [0.2, 0.25) is 5.78 Å². The van der Waals surface area contributed by atoms with Crippen molar-refractivity contribution in [3.05, 3.63) is 65.5 Å². The molecule has 2 aromatic rings. The van der Waals surface area contributed by atoms with Gasteiger partial charge in [-0.1, -0.05) is 12.1 Å². The van der Waals surface area contributed by atoms with Crippen LogP contribution in [0.15, 0.2) is 64.8 Å². The van der Waals surface area contributed by atoms with Crippen LogP contribution in [0.2, 0.25) is 0 Å². The van der Waals surface area contributed by atoms with Crippen molar-refractivity contribution in [1.29, 1.82) is 5.26 Å². The number of ether oxygens (including phenoxy) is 1. The first-order valence-corrected chi connectivity index (χ1v) is 9.71. The molecular formula is C21H16F3N3O3S. The number of carbonyl (C=O) groups excluding carboxylic acids is 2. The number of carbonyl (C=O) groups is 2. The molecule has 0 unspecified atom stereocenters. The Labute approximate surface area is 180 Å². The van der Waals surface area contributed by atoms with Crippen molar-refractivity contribution >= 4 is 34.9 Å². The Hall–Kier alpha value is -3.45. The Kier molecular flexibility index (Phi) is 6.27. The Bertz CT molecular complexity index is 1060. The molecule has 10 heteroatoms. The number of alkyl halides is 3. The van der Waals surface area contributed by atoms with Gasteiger partial charge in [-0.25, -0.2) is 4.79 Å². The molecule has 31 heavy (non-hydrogen) atoms. The van der Waals surface area contributed by atoms with Crippen molar-refractivity contribution < 1.29 is 27.5 Å². The predicted molar refractivity (Wildman–Crippen MR) is 110 cm³/mol. The van der Waals surface area contributed by atoms with E-state index in [0.717, 1.165) is 23.5 Å². The Morgan fingerprint density at radius 1 is 1.03 bits per heavy atom. The van der Waals surface area contributed by atoms with E-state index in [1.165, 1.54) is 12.1 Å². The lowest BCUT2D eigenvalue weighted by Gasteiger charge is -2.19. The summed E-state index contributed by atoms with van der Waals surface area (Å²) in [5.74, 6) is -1.21. The van der Waals surface area contributed by atoms with E-state index in [0.29, 0.717) is 5.82 Å². The maximum atomic E-state index is 12.6. The fourth-order valence-corrected chi connectivity index (χ4v) is 3.68. The molecule has 160 valence electrons. The number of Topliss-reactive ketones (excluding diaryl/α,β-unsaturated/α-hetero) is 1. The number of esters is 1. The molecule has 0 bridgehead atoms. The fourth-order valence-electron chi connectivity index (χ4n) is 3.14. The van der Waals surface area contributed by atoms with Crippen LogP contribution in [0.5, 0.6) is 0 Å². The van der Waals surface area contributed by atoms with Gasteiger partial charge >= 0.3 is 11.5 Å². The molecule has 0 radical (unpaired) electrons. The molecule has 0 N–H and O–H groups in total. The van der Waals surface area contributed by atoms with E-state index in [4.69, 9.17) is 4.74 Å². The number of hydrogen-bond donors (Lipinski definition) is 0. The summed E-state index contributed by atoms with van der Waals surface area (Å²) >= 11 is -0.302. The van der Waals surface area contributed by atoms with Gasteiger partial charge in [-0.05, 0) is 48.2 Å². The minimum atomic E-state index is -4.43. The van der Waals surface area contributed by atoms with Crippen molar-refractivity contribution in [3.8, 4) is 6.07 Å². The van der Waals surface area contributed by atoms with Crippen LogP contribution in [0.1, 0.15) is 10.4 Å². The van der Waals surface area contributed by atoms with Crippen molar-refractivity contribution in [2.75, 3.05) is 30.5 Å². The molecule has 1 heterocycles. The van der Waals surface area contributed by atoms with E-state index in [-0.39, 0.29) is 27.8 Å². The number of anilines is 2. The van der Waals surface area contributed by atoms with E-state index in [1.54, 1.807) is 23.9 Å². The first-order valence-electron chi connectivity index (χ1n) is 8.89. The van der Waals surface area contributed by atoms with E-state index in [1.807, 2.05) is 30.3 Å². The SMILES string of the molecule is CN1C(=C(C#N)C(=O)COC(=O)c2ccc(SC(F)(F)F)cc2)N(C)c2ccccc21. The lowest BCUT2D eigenvalue weighted by Crippen LogP contribution is -2.27. The second-order valence-electron chi connectivity index (χ2n) is 6.49. The summed E-state index contributed by atoms with van der Waals surface area (Å²) in [6.07, 6.45) is 0. The highest BCUT2D eigenvalue weighted by molar-refractivity contribution is 8.00. The number of fused-ring (bicyclic) bond motifs is 1. The number of para-hydroxylation sites is 2. The zero-order valence-corrected chi connectivity index (χ0v) is 17.3. The molecule has 2 aromatic carbocycles. The number of benzene rings is 2. The molecule has 0 amide bonds. The van der Waals surface area contributed by atoms with Gasteiger partial charge in [0.25, 0.3) is 0 Å². The molecule has 0 aromatic heterocycles. The van der Waals surface area contributed by atoms with Crippen LogP contribution in [0.4, 0.5) is 24.5 Å². The van der Waals surface area contributed by atoms with Crippen LogP contribution in [0, 0.1) is 11.3 Å². The molecule has 1 aliphatic heterocycles. The molecule has 0 fully saturated rings. The zero-order valence-electron chi connectivity index (χ0n) is 16.4. The van der Waals surface area contributed by atoms with Crippen molar-refractivity contribution in [2.24, 2.45) is 0 Å². The van der Waals surface area contributed by atoms with E-state index < -0.39 is 23.9 Å². The monoisotopic (exact) mass is 447 g/mol. The van der Waals surface area contributed by atoms with Crippen molar-refractivity contribution in [1.82, 2.24) is 0 Å². The summed E-state index contributed by atoms with van der Waals surface area (Å²) in [5, 5.41) is 9.56. The molecule has 3 rings (SSSR count). The molecule has 0 aliphatic carbocycles. The molecule has 0 saturated carbocycles. The fraction of sp³-hybridized carbons (Fsp3) is 0.190. The van der Waals surface area contributed by atoms with E-state index in [9.17, 15) is 28.0 Å². The quantitative estimate of drug-likeness (QED) is 0.292. The summed E-state index contributed by atoms with van der Waals surface area (Å²) in [6.45, 7) is -0.678. The van der Waals surface area contributed by atoms with Gasteiger partial charge in [0, 0.05) is 19.0 Å². The van der Waals surface area contributed by atoms with Gasteiger partial charge in [0.1, 0.15) is 17.5 Å². The normalized spacial score (nSPS) is 13.0. The highest BCUT2D eigenvalue weighted by Crippen LogP contribution is 2.40. The minimum Gasteiger partial charge on any atom is -0.454 e. The Morgan fingerprint density at radius 3 is 2.06 bits per heavy atom. The molecule has 6 nitrogen and oxygen atoms in total. The van der Waals surface area contributed by atoms with E-state index >= 15 is 0 Å². The summed E-state index contributed by atoms with van der Waals surface area (Å²) in [7, 11) is 3.43. The van der Waals surface area contributed by atoms with Gasteiger partial charge in [0.15, 0.2) is 6.61 Å². The highest BCUT2D eigenvalue weighted by Gasteiger charge is 2.32. The summed E-state index contributed by atoms with van der Waals surface area (Å²) in [4.78, 5) is 28.1. The second kappa shape index (κ2) is 8.73. The van der Waals surface area contributed by atoms with Crippen LogP contribution < -0.4 is 9.80 Å². The minimum absolute atomic E-state index is 0.00649.